The molecule has 0 saturated heterocycles. The smallest absolute Gasteiger partial charge is 0.159 e. The van der Waals surface area contributed by atoms with Crippen molar-refractivity contribution in [1.82, 2.24) is 24.1 Å². The lowest BCUT2D eigenvalue weighted by atomic mass is 10.1. The average Bonchev–Trinajstić information content (AvgIpc) is 3.49. The maximum absolute atomic E-state index is 4.64. The zero-order chi connectivity index (χ0) is 22.5. The van der Waals surface area contributed by atoms with Gasteiger partial charge in [-0.05, 0) is 42.5 Å². The summed E-state index contributed by atoms with van der Waals surface area (Å²) in [4.78, 5) is 13.4. The number of hydrogen-bond donors (Lipinski definition) is 0. The molecule has 0 radical (unpaired) electrons. The zero-order valence-corrected chi connectivity index (χ0v) is 18.2. The van der Waals surface area contributed by atoms with Crippen molar-refractivity contribution < 1.29 is 0 Å². The van der Waals surface area contributed by atoms with E-state index < -0.39 is 0 Å². The third-order valence-corrected chi connectivity index (χ3v) is 6.36. The number of benzene rings is 3. The zero-order valence-electron chi connectivity index (χ0n) is 18.2. The second-order valence-electron chi connectivity index (χ2n) is 8.27. The van der Waals surface area contributed by atoms with Crippen molar-refractivity contribution in [3.05, 3.63) is 116 Å². The summed E-state index contributed by atoms with van der Waals surface area (Å²) >= 11 is 0. The van der Waals surface area contributed by atoms with E-state index in [0.717, 1.165) is 22.5 Å². The molecule has 0 atom stereocenters. The van der Waals surface area contributed by atoms with Crippen LogP contribution in [-0.2, 0) is 0 Å². The summed E-state index contributed by atoms with van der Waals surface area (Å²) in [6.45, 7) is 0. The molecule has 0 N–H and O–H groups in total. The van der Waals surface area contributed by atoms with Gasteiger partial charge in [-0.15, -0.1) is 0 Å². The van der Waals surface area contributed by atoms with Crippen LogP contribution >= 0.6 is 0 Å². The minimum absolute atomic E-state index is 0.688. The molecule has 7 aromatic rings. The van der Waals surface area contributed by atoms with Crippen LogP contribution in [0.15, 0.2) is 116 Å². The van der Waals surface area contributed by atoms with Crippen LogP contribution in [0.25, 0.3) is 55.5 Å². The van der Waals surface area contributed by atoms with Gasteiger partial charge in [-0.2, -0.15) is 0 Å². The van der Waals surface area contributed by atoms with Crippen LogP contribution in [-0.4, -0.2) is 24.1 Å². The number of nitrogens with zero attached hydrogens (tertiary/aromatic N) is 5. The molecule has 0 fully saturated rings. The lowest BCUT2D eigenvalue weighted by molar-refractivity contribution is 1.06. The summed E-state index contributed by atoms with van der Waals surface area (Å²) in [5, 5.41) is 3.63. The third-order valence-electron chi connectivity index (χ3n) is 6.36. The van der Waals surface area contributed by atoms with E-state index in [2.05, 4.69) is 103 Å². The van der Waals surface area contributed by atoms with Gasteiger partial charge >= 0.3 is 0 Å². The van der Waals surface area contributed by atoms with Crippen LogP contribution < -0.4 is 0 Å². The van der Waals surface area contributed by atoms with Gasteiger partial charge in [0.05, 0.1) is 34.6 Å². The van der Waals surface area contributed by atoms with Crippen molar-refractivity contribution in [2.75, 3.05) is 0 Å². The van der Waals surface area contributed by atoms with E-state index >= 15 is 0 Å². The molecule has 0 aliphatic rings. The summed E-state index contributed by atoms with van der Waals surface area (Å²) in [7, 11) is 0. The van der Waals surface area contributed by atoms with E-state index in [1.807, 2.05) is 24.5 Å². The average molecular weight is 438 g/mol. The number of rotatable bonds is 3. The third kappa shape index (κ3) is 2.77. The van der Waals surface area contributed by atoms with Gasteiger partial charge in [0.2, 0.25) is 0 Å². The highest BCUT2D eigenvalue weighted by Crippen LogP contribution is 2.37. The quantitative estimate of drug-likeness (QED) is 0.314. The van der Waals surface area contributed by atoms with E-state index in [0.29, 0.717) is 5.82 Å². The molecule has 0 amide bonds. The number of pyridine rings is 1. The lowest BCUT2D eigenvalue weighted by Crippen LogP contribution is -1.97. The fourth-order valence-electron chi connectivity index (χ4n) is 4.85. The van der Waals surface area contributed by atoms with Gasteiger partial charge in [-0.25, -0.2) is 9.97 Å². The molecule has 5 heteroatoms. The van der Waals surface area contributed by atoms with Gasteiger partial charge in [-0.1, -0.05) is 42.5 Å². The van der Waals surface area contributed by atoms with Crippen LogP contribution in [0.3, 0.4) is 0 Å². The van der Waals surface area contributed by atoms with Crippen molar-refractivity contribution >= 4 is 32.7 Å². The first-order valence-electron chi connectivity index (χ1n) is 11.2. The molecule has 0 spiro atoms. The summed E-state index contributed by atoms with van der Waals surface area (Å²) in [6.07, 6.45) is 9.38. The number of fused-ring (bicyclic) bond motifs is 5. The highest BCUT2D eigenvalue weighted by molar-refractivity contribution is 6.20. The Kier molecular flexibility index (Phi) is 4.08. The predicted octanol–water partition coefficient (Wildman–Crippen LogP) is 6.58. The van der Waals surface area contributed by atoms with E-state index in [9.17, 15) is 0 Å². The number of hydrogen-bond acceptors (Lipinski definition) is 3. The van der Waals surface area contributed by atoms with E-state index in [4.69, 9.17) is 0 Å². The Labute approximate surface area is 195 Å². The summed E-state index contributed by atoms with van der Waals surface area (Å²) in [6, 6.07) is 29.5. The maximum Gasteiger partial charge on any atom is 0.159 e. The second-order valence-corrected chi connectivity index (χ2v) is 8.27. The molecule has 4 aromatic heterocycles. The SMILES string of the molecule is c1ccc(-n2c3ccccc3c3c4c(ccc32)ccn4-c2cnc(-c3ccncc3)nc2)cc1. The highest BCUT2D eigenvalue weighted by Gasteiger charge is 2.17. The Balaban J connectivity index is 1.50. The van der Waals surface area contributed by atoms with Gasteiger partial charge in [0, 0.05) is 46.0 Å². The maximum atomic E-state index is 4.64. The Morgan fingerprint density at radius 2 is 1.38 bits per heavy atom. The number of para-hydroxylation sites is 2. The topological polar surface area (TPSA) is 48.5 Å². The molecule has 0 saturated carbocycles. The molecule has 3 aromatic carbocycles. The van der Waals surface area contributed by atoms with Crippen molar-refractivity contribution in [2.45, 2.75) is 0 Å². The highest BCUT2D eigenvalue weighted by atomic mass is 15.0. The van der Waals surface area contributed by atoms with Gasteiger partial charge < -0.3 is 9.13 Å². The fraction of sp³-hybridized carbons (Fsp3) is 0. The molecule has 0 aliphatic heterocycles. The van der Waals surface area contributed by atoms with E-state index in [-0.39, 0.29) is 0 Å². The van der Waals surface area contributed by atoms with Gasteiger partial charge in [0.1, 0.15) is 0 Å². The Bertz CT molecular complexity index is 1780. The standard InChI is InChI=1S/C29H19N5/c1-2-6-22(7-3-1)34-25-9-5-4-8-24(25)27-26(34)11-10-20-14-17-33(28(20)27)23-18-31-29(32-19-23)21-12-15-30-16-13-21/h1-19H. The van der Waals surface area contributed by atoms with Gasteiger partial charge in [0.25, 0.3) is 0 Å². The molecule has 34 heavy (non-hydrogen) atoms. The first-order chi connectivity index (χ1) is 16.9. The van der Waals surface area contributed by atoms with Crippen molar-refractivity contribution in [3.8, 4) is 22.8 Å². The molecule has 7 rings (SSSR count). The Morgan fingerprint density at radius 1 is 0.618 bits per heavy atom. The van der Waals surface area contributed by atoms with Gasteiger partial charge in [-0.3, -0.25) is 4.98 Å². The normalized spacial score (nSPS) is 11.5. The molecular weight excluding hydrogens is 418 g/mol. The number of aromatic nitrogens is 5. The van der Waals surface area contributed by atoms with Crippen molar-refractivity contribution in [1.29, 1.82) is 0 Å². The van der Waals surface area contributed by atoms with Crippen LogP contribution in [0.4, 0.5) is 0 Å². The fourth-order valence-corrected chi connectivity index (χ4v) is 4.85. The summed E-state index contributed by atoms with van der Waals surface area (Å²) < 4.78 is 4.53. The molecule has 0 unspecified atom stereocenters. The largest absolute Gasteiger partial charge is 0.313 e. The minimum Gasteiger partial charge on any atom is -0.313 e. The monoisotopic (exact) mass is 437 g/mol. The first-order valence-corrected chi connectivity index (χ1v) is 11.2. The molecule has 160 valence electrons. The molecule has 5 nitrogen and oxygen atoms in total. The van der Waals surface area contributed by atoms with E-state index in [1.54, 1.807) is 12.4 Å². The molecule has 0 bridgehead atoms. The lowest BCUT2D eigenvalue weighted by Gasteiger charge is -2.09. The summed E-state index contributed by atoms with van der Waals surface area (Å²) in [5.74, 6) is 0.688. The second kappa shape index (κ2) is 7.39. The van der Waals surface area contributed by atoms with Gasteiger partial charge in [0.15, 0.2) is 5.82 Å². The van der Waals surface area contributed by atoms with Crippen molar-refractivity contribution in [3.63, 3.8) is 0 Å². The van der Waals surface area contributed by atoms with Crippen LogP contribution in [0.1, 0.15) is 0 Å². The summed E-state index contributed by atoms with van der Waals surface area (Å²) in [5.41, 5.74) is 6.55. The van der Waals surface area contributed by atoms with Crippen LogP contribution in [0, 0.1) is 0 Å². The van der Waals surface area contributed by atoms with E-state index in [1.165, 1.54) is 27.2 Å². The Morgan fingerprint density at radius 3 is 2.21 bits per heavy atom. The molecule has 0 aliphatic carbocycles. The first kappa shape index (κ1) is 18.8. The van der Waals surface area contributed by atoms with Crippen LogP contribution in [0.2, 0.25) is 0 Å². The predicted molar refractivity (Wildman–Crippen MR) is 136 cm³/mol. The van der Waals surface area contributed by atoms with Crippen LogP contribution in [0.5, 0.6) is 0 Å². The molecule has 4 heterocycles. The molecular formula is C29H19N5. The van der Waals surface area contributed by atoms with Crippen molar-refractivity contribution in [2.24, 2.45) is 0 Å². The Hall–Kier alpha value is -4.77. The minimum atomic E-state index is 0.688.